The van der Waals surface area contributed by atoms with Crippen LogP contribution < -0.4 is 16.0 Å². The molecule has 1 aromatic carbocycles. The molecule has 0 fully saturated rings. The van der Waals surface area contributed by atoms with Gasteiger partial charge in [-0.25, -0.2) is 17.8 Å². The Kier molecular flexibility index (Phi) is 3.73. The summed E-state index contributed by atoms with van der Waals surface area (Å²) in [6.45, 7) is 0. The lowest BCUT2D eigenvalue weighted by Crippen LogP contribution is -2.19. The molecule has 4 N–H and O–H groups in total. The molecule has 0 aliphatic carbocycles. The molecular formula is C9H11N7O4S. The number of nitrogens with one attached hydrogen (secondary N) is 2. The zero-order valence-corrected chi connectivity index (χ0v) is 11.5. The van der Waals surface area contributed by atoms with Gasteiger partial charge in [-0.05, 0) is 6.07 Å². The zero-order valence-electron chi connectivity index (χ0n) is 10.7. The predicted octanol–water partition coefficient (Wildman–Crippen LogP) is -0.190. The van der Waals surface area contributed by atoms with Gasteiger partial charge in [0, 0.05) is 19.2 Å². The Hall–Kier alpha value is -2.73. The van der Waals surface area contributed by atoms with Crippen molar-refractivity contribution in [2.24, 2.45) is 12.9 Å². The number of benzene rings is 1. The smallest absolute Gasteiger partial charge is 0.271 e. The number of aromatic nitrogens is 3. The Morgan fingerprint density at radius 2 is 2.14 bits per heavy atom. The van der Waals surface area contributed by atoms with Crippen molar-refractivity contribution in [3.8, 4) is 0 Å². The van der Waals surface area contributed by atoms with E-state index in [1.54, 1.807) is 0 Å². The number of nitro benzene ring substituents is 1. The molecule has 0 saturated heterocycles. The Bertz CT molecular complexity index is 785. The molecule has 1 heterocycles. The molecular weight excluding hydrogens is 302 g/mol. The van der Waals surface area contributed by atoms with E-state index in [0.29, 0.717) is 0 Å². The number of nitrogens with two attached hydrogens (primary N) is 1. The molecule has 11 nitrogen and oxygen atoms in total. The SMILES string of the molecule is Cn1ncnc1NS(=O)(=O)c1ccc([N+](=O)[O-])cc1NN. The molecule has 0 saturated carbocycles. The highest BCUT2D eigenvalue weighted by Gasteiger charge is 2.22. The van der Waals surface area contributed by atoms with Gasteiger partial charge in [-0.15, -0.1) is 0 Å². The number of hydrogen-bond donors (Lipinski definition) is 3. The molecule has 0 amide bonds. The van der Waals surface area contributed by atoms with Crippen LogP contribution in [0.15, 0.2) is 29.4 Å². The average Bonchev–Trinajstić information content (AvgIpc) is 2.82. The summed E-state index contributed by atoms with van der Waals surface area (Å²) in [5.41, 5.74) is 1.72. The second-order valence-electron chi connectivity index (χ2n) is 3.89. The van der Waals surface area contributed by atoms with Crippen molar-refractivity contribution in [3.05, 3.63) is 34.6 Å². The minimum atomic E-state index is -4.03. The average molecular weight is 313 g/mol. The number of nitrogens with zero attached hydrogens (tertiary/aromatic N) is 4. The maximum absolute atomic E-state index is 12.3. The van der Waals surface area contributed by atoms with E-state index in [9.17, 15) is 18.5 Å². The molecule has 0 aliphatic heterocycles. The first-order valence-electron chi connectivity index (χ1n) is 5.47. The first-order chi connectivity index (χ1) is 9.85. The largest absolute Gasteiger partial charge is 0.323 e. The van der Waals surface area contributed by atoms with Crippen molar-refractivity contribution in [2.45, 2.75) is 4.90 Å². The van der Waals surface area contributed by atoms with Gasteiger partial charge in [0.15, 0.2) is 0 Å². The van der Waals surface area contributed by atoms with Gasteiger partial charge in [0.05, 0.1) is 10.6 Å². The van der Waals surface area contributed by atoms with Crippen LogP contribution in [0.2, 0.25) is 0 Å². The first kappa shape index (κ1) is 14.7. The van der Waals surface area contributed by atoms with Crippen molar-refractivity contribution in [2.75, 3.05) is 10.1 Å². The second kappa shape index (κ2) is 5.34. The van der Waals surface area contributed by atoms with E-state index in [0.717, 1.165) is 18.2 Å². The van der Waals surface area contributed by atoms with Crippen LogP contribution in [0.5, 0.6) is 0 Å². The van der Waals surface area contributed by atoms with Gasteiger partial charge >= 0.3 is 0 Å². The Balaban J connectivity index is 2.45. The summed E-state index contributed by atoms with van der Waals surface area (Å²) >= 11 is 0. The fourth-order valence-corrected chi connectivity index (χ4v) is 2.73. The highest BCUT2D eigenvalue weighted by Crippen LogP contribution is 2.26. The van der Waals surface area contributed by atoms with Gasteiger partial charge < -0.3 is 5.43 Å². The molecule has 1 aromatic heterocycles. The third-order valence-corrected chi connectivity index (χ3v) is 3.94. The molecule has 112 valence electrons. The summed E-state index contributed by atoms with van der Waals surface area (Å²) in [5, 5.41) is 14.4. The van der Waals surface area contributed by atoms with E-state index < -0.39 is 14.9 Å². The van der Waals surface area contributed by atoms with Crippen LogP contribution in [-0.4, -0.2) is 28.1 Å². The van der Waals surface area contributed by atoms with Gasteiger partial charge in [-0.3, -0.25) is 16.0 Å². The highest BCUT2D eigenvalue weighted by atomic mass is 32.2. The predicted molar refractivity (Wildman–Crippen MR) is 72.7 cm³/mol. The van der Waals surface area contributed by atoms with Crippen LogP contribution in [0.4, 0.5) is 17.3 Å². The third-order valence-electron chi connectivity index (χ3n) is 2.56. The van der Waals surface area contributed by atoms with Gasteiger partial charge in [0.1, 0.15) is 11.2 Å². The van der Waals surface area contributed by atoms with E-state index in [4.69, 9.17) is 5.84 Å². The number of anilines is 2. The van der Waals surface area contributed by atoms with E-state index >= 15 is 0 Å². The fraction of sp³-hybridized carbons (Fsp3) is 0.111. The van der Waals surface area contributed by atoms with Crippen molar-refractivity contribution in [1.82, 2.24) is 14.8 Å². The van der Waals surface area contributed by atoms with Crippen LogP contribution in [0.1, 0.15) is 0 Å². The molecule has 0 bridgehead atoms. The summed E-state index contributed by atoms with van der Waals surface area (Å²) < 4.78 is 27.9. The molecule has 21 heavy (non-hydrogen) atoms. The maximum atomic E-state index is 12.3. The number of nitrogen functional groups attached to an aromatic ring is 1. The number of rotatable bonds is 5. The lowest BCUT2D eigenvalue weighted by molar-refractivity contribution is -0.384. The van der Waals surface area contributed by atoms with Gasteiger partial charge in [0.25, 0.3) is 15.7 Å². The third kappa shape index (κ3) is 2.90. The molecule has 2 rings (SSSR count). The number of sulfonamides is 1. The number of hydrazine groups is 1. The monoisotopic (exact) mass is 313 g/mol. The summed E-state index contributed by atoms with van der Waals surface area (Å²) in [7, 11) is -2.53. The summed E-state index contributed by atoms with van der Waals surface area (Å²) in [5.74, 6) is 5.22. The minimum Gasteiger partial charge on any atom is -0.323 e. The number of aryl methyl sites for hydroxylation is 1. The zero-order chi connectivity index (χ0) is 15.6. The van der Waals surface area contributed by atoms with Crippen LogP contribution in [-0.2, 0) is 17.1 Å². The molecule has 0 aliphatic rings. The summed E-state index contributed by atoms with van der Waals surface area (Å²) in [4.78, 5) is 13.5. The van der Waals surface area contributed by atoms with Gasteiger partial charge in [-0.1, -0.05) is 0 Å². The molecule has 0 atom stereocenters. The van der Waals surface area contributed by atoms with E-state index in [-0.39, 0.29) is 22.2 Å². The second-order valence-corrected chi connectivity index (χ2v) is 5.55. The van der Waals surface area contributed by atoms with E-state index in [1.807, 2.05) is 0 Å². The quantitative estimate of drug-likeness (QED) is 0.389. The lowest BCUT2D eigenvalue weighted by atomic mass is 10.3. The van der Waals surface area contributed by atoms with E-state index in [2.05, 4.69) is 20.2 Å². The fourth-order valence-electron chi connectivity index (χ4n) is 1.54. The normalized spacial score (nSPS) is 11.1. The number of nitro groups is 1. The number of hydrogen-bond acceptors (Lipinski definition) is 8. The van der Waals surface area contributed by atoms with Gasteiger partial charge in [-0.2, -0.15) is 10.1 Å². The summed E-state index contributed by atoms with van der Waals surface area (Å²) in [6.07, 6.45) is 1.18. The van der Waals surface area contributed by atoms with Crippen molar-refractivity contribution in [1.29, 1.82) is 0 Å². The topological polar surface area (TPSA) is 158 Å². The Morgan fingerprint density at radius 3 is 2.67 bits per heavy atom. The molecule has 0 unspecified atom stereocenters. The van der Waals surface area contributed by atoms with Crippen molar-refractivity contribution < 1.29 is 13.3 Å². The maximum Gasteiger partial charge on any atom is 0.271 e. The first-order valence-corrected chi connectivity index (χ1v) is 6.95. The molecule has 12 heteroatoms. The van der Waals surface area contributed by atoms with Gasteiger partial charge in [0.2, 0.25) is 5.95 Å². The number of non-ortho nitro benzene ring substituents is 1. The molecule has 0 spiro atoms. The van der Waals surface area contributed by atoms with Crippen LogP contribution >= 0.6 is 0 Å². The molecule has 0 radical (unpaired) electrons. The lowest BCUT2D eigenvalue weighted by Gasteiger charge is -2.10. The standard InChI is InChI=1S/C9H11N7O4S/c1-15-9(11-5-12-15)14-21(19,20)8-3-2-6(16(17)18)4-7(8)13-10/h2-5,13H,10H2,1H3,(H,11,12,14). The summed E-state index contributed by atoms with van der Waals surface area (Å²) in [6, 6.07) is 3.16. The molecule has 2 aromatic rings. The minimum absolute atomic E-state index is 0.00340. The van der Waals surface area contributed by atoms with Crippen molar-refractivity contribution >= 4 is 27.3 Å². The van der Waals surface area contributed by atoms with Crippen LogP contribution in [0, 0.1) is 10.1 Å². The van der Waals surface area contributed by atoms with E-state index in [1.165, 1.54) is 18.1 Å². The van der Waals surface area contributed by atoms with Crippen molar-refractivity contribution in [3.63, 3.8) is 0 Å². The van der Waals surface area contributed by atoms with Crippen LogP contribution in [0.3, 0.4) is 0 Å². The highest BCUT2D eigenvalue weighted by molar-refractivity contribution is 7.92. The Morgan fingerprint density at radius 1 is 1.43 bits per heavy atom. The Labute approximate surface area is 119 Å². The van der Waals surface area contributed by atoms with Crippen LogP contribution in [0.25, 0.3) is 0 Å².